The Hall–Kier alpha value is -2.79. The maximum Gasteiger partial charge on any atom is 0.141 e. The summed E-state index contributed by atoms with van der Waals surface area (Å²) in [5.74, 6) is 0.228. The summed E-state index contributed by atoms with van der Waals surface area (Å²) in [7, 11) is 4.15. The fraction of sp³-hybridized carbons (Fsp3) is 0.348. The van der Waals surface area contributed by atoms with E-state index in [1.807, 2.05) is 61.7 Å². The lowest BCUT2D eigenvalue weighted by Gasteiger charge is -2.07. The SMILES string of the molecule is Cc1ccccc1CC(=O)Cc1ccc(-n2cc(CCCN(C)C)nn2)cc1. The number of aryl methyl sites for hydroxylation is 2. The molecular formula is C23H28N4O. The predicted octanol–water partition coefficient (Wildman–Crippen LogP) is 3.42. The maximum absolute atomic E-state index is 12.4. The number of carbonyl (C=O) groups excluding carboxylic acids is 1. The molecule has 0 aliphatic heterocycles. The van der Waals surface area contributed by atoms with Crippen molar-refractivity contribution in [1.29, 1.82) is 0 Å². The van der Waals surface area contributed by atoms with Crippen molar-refractivity contribution in [2.45, 2.75) is 32.6 Å². The highest BCUT2D eigenvalue weighted by molar-refractivity contribution is 5.83. The van der Waals surface area contributed by atoms with Gasteiger partial charge in [-0.3, -0.25) is 4.79 Å². The van der Waals surface area contributed by atoms with Crippen molar-refractivity contribution in [1.82, 2.24) is 19.9 Å². The summed E-state index contributed by atoms with van der Waals surface area (Å²) >= 11 is 0. The molecule has 0 unspecified atom stereocenters. The van der Waals surface area contributed by atoms with Crippen LogP contribution < -0.4 is 0 Å². The Bertz CT molecular complexity index is 912. The Balaban J connectivity index is 1.57. The van der Waals surface area contributed by atoms with E-state index < -0.39 is 0 Å². The minimum absolute atomic E-state index is 0.228. The lowest BCUT2D eigenvalue weighted by molar-refractivity contribution is -0.117. The third-order valence-electron chi connectivity index (χ3n) is 4.83. The molecule has 0 spiro atoms. The van der Waals surface area contributed by atoms with Crippen molar-refractivity contribution in [2.75, 3.05) is 20.6 Å². The lowest BCUT2D eigenvalue weighted by Crippen LogP contribution is -2.13. The van der Waals surface area contributed by atoms with E-state index >= 15 is 0 Å². The summed E-state index contributed by atoms with van der Waals surface area (Å²) in [6, 6.07) is 16.0. The van der Waals surface area contributed by atoms with Crippen molar-refractivity contribution in [2.24, 2.45) is 0 Å². The van der Waals surface area contributed by atoms with Gasteiger partial charge in [0.1, 0.15) is 5.78 Å². The summed E-state index contributed by atoms with van der Waals surface area (Å²) in [6.45, 7) is 3.09. The van der Waals surface area contributed by atoms with Gasteiger partial charge in [0, 0.05) is 12.8 Å². The number of nitrogens with zero attached hydrogens (tertiary/aromatic N) is 4. The standard InChI is InChI=1S/C23H28N4O/c1-18-7-4-5-8-20(18)16-23(28)15-19-10-12-22(13-11-19)27-17-21(24-25-27)9-6-14-26(2)3/h4-5,7-8,10-13,17H,6,9,14-16H2,1-3H3. The zero-order chi connectivity index (χ0) is 19.9. The quantitative estimate of drug-likeness (QED) is 0.574. The molecule has 28 heavy (non-hydrogen) atoms. The number of ketones is 1. The first-order chi connectivity index (χ1) is 13.5. The fourth-order valence-corrected chi connectivity index (χ4v) is 3.19. The van der Waals surface area contributed by atoms with E-state index in [1.165, 1.54) is 5.56 Å². The van der Waals surface area contributed by atoms with Gasteiger partial charge in [0.25, 0.3) is 0 Å². The first-order valence-corrected chi connectivity index (χ1v) is 9.73. The molecular weight excluding hydrogens is 348 g/mol. The van der Waals surface area contributed by atoms with E-state index in [2.05, 4.69) is 29.3 Å². The van der Waals surface area contributed by atoms with Gasteiger partial charge in [-0.1, -0.05) is 41.6 Å². The zero-order valence-electron chi connectivity index (χ0n) is 16.9. The number of Topliss-reactive ketones (excluding diaryl/α,β-unsaturated/α-hetero) is 1. The van der Waals surface area contributed by atoms with Crippen LogP contribution in [0.4, 0.5) is 0 Å². The Kier molecular flexibility index (Phi) is 6.71. The van der Waals surface area contributed by atoms with Gasteiger partial charge in [0.2, 0.25) is 0 Å². The fourth-order valence-electron chi connectivity index (χ4n) is 3.19. The van der Waals surface area contributed by atoms with Crippen LogP contribution in [-0.4, -0.2) is 46.3 Å². The second-order valence-electron chi connectivity index (χ2n) is 7.55. The summed E-state index contributed by atoms with van der Waals surface area (Å²) in [5.41, 5.74) is 5.25. The predicted molar refractivity (Wildman–Crippen MR) is 112 cm³/mol. The molecule has 0 amide bonds. The molecule has 0 fully saturated rings. The van der Waals surface area contributed by atoms with E-state index in [0.29, 0.717) is 12.8 Å². The molecule has 0 atom stereocenters. The van der Waals surface area contributed by atoms with E-state index in [-0.39, 0.29) is 5.78 Å². The van der Waals surface area contributed by atoms with Crippen molar-refractivity contribution in [3.05, 3.63) is 77.1 Å². The highest BCUT2D eigenvalue weighted by Crippen LogP contribution is 2.13. The molecule has 3 aromatic rings. The molecule has 0 saturated heterocycles. The average molecular weight is 377 g/mol. The van der Waals surface area contributed by atoms with Crippen molar-refractivity contribution >= 4 is 5.78 Å². The van der Waals surface area contributed by atoms with Crippen molar-refractivity contribution in [3.8, 4) is 5.69 Å². The van der Waals surface area contributed by atoms with E-state index in [1.54, 1.807) is 4.68 Å². The van der Waals surface area contributed by atoms with Gasteiger partial charge in [-0.05, 0) is 69.2 Å². The summed E-state index contributed by atoms with van der Waals surface area (Å²) in [6.07, 6.45) is 4.89. The second kappa shape index (κ2) is 9.42. The molecule has 1 heterocycles. The minimum Gasteiger partial charge on any atom is -0.309 e. The van der Waals surface area contributed by atoms with Gasteiger partial charge in [-0.15, -0.1) is 5.10 Å². The monoisotopic (exact) mass is 376 g/mol. The summed E-state index contributed by atoms with van der Waals surface area (Å²) in [4.78, 5) is 14.6. The molecule has 5 heteroatoms. The topological polar surface area (TPSA) is 51.0 Å². The molecule has 146 valence electrons. The van der Waals surface area contributed by atoms with Crippen molar-refractivity contribution < 1.29 is 4.79 Å². The van der Waals surface area contributed by atoms with Crippen LogP contribution >= 0.6 is 0 Å². The molecule has 0 N–H and O–H groups in total. The molecule has 0 aliphatic carbocycles. The number of rotatable bonds is 9. The van der Waals surface area contributed by atoms with Gasteiger partial charge in [0.15, 0.2) is 0 Å². The molecule has 3 rings (SSSR count). The van der Waals surface area contributed by atoms with Crippen molar-refractivity contribution in [3.63, 3.8) is 0 Å². The van der Waals surface area contributed by atoms with Gasteiger partial charge in [0.05, 0.1) is 17.6 Å². The molecule has 0 radical (unpaired) electrons. The van der Waals surface area contributed by atoms with Crippen LogP contribution in [-0.2, 0) is 24.1 Å². The molecule has 5 nitrogen and oxygen atoms in total. The van der Waals surface area contributed by atoms with Gasteiger partial charge in [-0.25, -0.2) is 4.68 Å². The second-order valence-corrected chi connectivity index (χ2v) is 7.55. The summed E-state index contributed by atoms with van der Waals surface area (Å²) in [5, 5.41) is 8.48. The Morgan fingerprint density at radius 2 is 1.79 bits per heavy atom. The largest absolute Gasteiger partial charge is 0.309 e. The van der Waals surface area contributed by atoms with Crippen LogP contribution in [0.3, 0.4) is 0 Å². The first-order valence-electron chi connectivity index (χ1n) is 9.73. The average Bonchev–Trinajstić information content (AvgIpc) is 3.13. The number of hydrogen-bond acceptors (Lipinski definition) is 4. The third-order valence-corrected chi connectivity index (χ3v) is 4.83. The summed E-state index contributed by atoms with van der Waals surface area (Å²) < 4.78 is 1.80. The Labute approximate surface area is 167 Å². The number of hydrogen-bond donors (Lipinski definition) is 0. The lowest BCUT2D eigenvalue weighted by atomic mass is 9.99. The van der Waals surface area contributed by atoms with Crippen LogP contribution in [0.25, 0.3) is 5.69 Å². The van der Waals surface area contributed by atoms with Crippen LogP contribution in [0, 0.1) is 6.92 Å². The van der Waals surface area contributed by atoms with Gasteiger partial charge >= 0.3 is 0 Å². The molecule has 0 bridgehead atoms. The number of carbonyl (C=O) groups is 1. The van der Waals surface area contributed by atoms with E-state index in [4.69, 9.17) is 0 Å². The first kappa shape index (κ1) is 20.0. The normalized spacial score (nSPS) is 11.1. The maximum atomic E-state index is 12.4. The molecule has 1 aromatic heterocycles. The highest BCUT2D eigenvalue weighted by Gasteiger charge is 2.08. The van der Waals surface area contributed by atoms with Crippen LogP contribution in [0.2, 0.25) is 0 Å². The minimum atomic E-state index is 0.228. The van der Waals surface area contributed by atoms with Crippen LogP contribution in [0.1, 0.15) is 28.8 Å². The molecule has 0 aliphatic rings. The molecule has 2 aromatic carbocycles. The van der Waals surface area contributed by atoms with Crippen LogP contribution in [0.5, 0.6) is 0 Å². The number of aromatic nitrogens is 3. The van der Waals surface area contributed by atoms with E-state index in [0.717, 1.165) is 41.9 Å². The van der Waals surface area contributed by atoms with Gasteiger partial charge < -0.3 is 4.90 Å². The third kappa shape index (κ3) is 5.60. The smallest absolute Gasteiger partial charge is 0.141 e. The highest BCUT2D eigenvalue weighted by atomic mass is 16.1. The van der Waals surface area contributed by atoms with Gasteiger partial charge in [-0.2, -0.15) is 0 Å². The van der Waals surface area contributed by atoms with E-state index in [9.17, 15) is 4.79 Å². The number of benzene rings is 2. The van der Waals surface area contributed by atoms with Crippen LogP contribution in [0.15, 0.2) is 54.7 Å². The Morgan fingerprint density at radius 1 is 1.04 bits per heavy atom. The Morgan fingerprint density at radius 3 is 2.50 bits per heavy atom. The zero-order valence-corrected chi connectivity index (χ0v) is 16.9. The molecule has 0 saturated carbocycles.